The fourth-order valence-electron chi connectivity index (χ4n) is 3.21. The quantitative estimate of drug-likeness (QED) is 0.663. The van der Waals surface area contributed by atoms with Crippen LogP contribution in [0.15, 0.2) is 24.3 Å². The number of nitrogens with two attached hydrogens (primary N) is 1. The molecule has 2 amide bonds. The lowest BCUT2D eigenvalue weighted by Crippen LogP contribution is -2.52. The Kier molecular flexibility index (Phi) is 5.98. The van der Waals surface area contributed by atoms with E-state index in [-0.39, 0.29) is 11.8 Å². The van der Waals surface area contributed by atoms with Gasteiger partial charge in [0.25, 0.3) is 5.91 Å². The summed E-state index contributed by atoms with van der Waals surface area (Å²) < 4.78 is 0.526. The van der Waals surface area contributed by atoms with Gasteiger partial charge in [0.2, 0.25) is 5.91 Å². The molecule has 1 aliphatic rings. The topological polar surface area (TPSA) is 87.5 Å². The molecule has 4 N–H and O–H groups in total. The molecule has 0 unspecified atom stereocenters. The van der Waals surface area contributed by atoms with Gasteiger partial charge in [0.1, 0.15) is 5.54 Å². The van der Waals surface area contributed by atoms with Gasteiger partial charge in [0, 0.05) is 24.5 Å². The summed E-state index contributed by atoms with van der Waals surface area (Å²) in [5.41, 5.74) is 8.81. The SMILES string of the molecule is CN1CCc2cc(NC(=O)C(C)(C)NC(=O)c3ccc(Cl)s3)cc(N)c2CC1. The number of halogens is 1. The minimum atomic E-state index is -1.10. The van der Waals surface area contributed by atoms with E-state index in [1.807, 2.05) is 6.07 Å². The number of rotatable bonds is 4. The van der Waals surface area contributed by atoms with Gasteiger partial charge >= 0.3 is 0 Å². The monoisotopic (exact) mass is 420 g/mol. The van der Waals surface area contributed by atoms with Crippen LogP contribution in [0.5, 0.6) is 0 Å². The summed E-state index contributed by atoms with van der Waals surface area (Å²) in [6.07, 6.45) is 1.79. The second-order valence-electron chi connectivity index (χ2n) is 7.64. The van der Waals surface area contributed by atoms with Crippen molar-refractivity contribution in [2.75, 3.05) is 31.2 Å². The third kappa shape index (κ3) is 4.66. The zero-order valence-corrected chi connectivity index (χ0v) is 17.8. The second-order valence-corrected chi connectivity index (χ2v) is 9.36. The van der Waals surface area contributed by atoms with Gasteiger partial charge < -0.3 is 21.3 Å². The number of anilines is 2. The van der Waals surface area contributed by atoms with E-state index in [4.69, 9.17) is 17.3 Å². The van der Waals surface area contributed by atoms with Gasteiger partial charge in [-0.2, -0.15) is 0 Å². The van der Waals surface area contributed by atoms with Gasteiger partial charge in [0.05, 0.1) is 9.21 Å². The van der Waals surface area contributed by atoms with Crippen LogP contribution in [0, 0.1) is 0 Å². The fourth-order valence-corrected chi connectivity index (χ4v) is 4.15. The van der Waals surface area contributed by atoms with Crippen molar-refractivity contribution in [3.8, 4) is 0 Å². The first-order chi connectivity index (χ1) is 13.2. The zero-order valence-electron chi connectivity index (χ0n) is 16.3. The van der Waals surface area contributed by atoms with Crippen molar-refractivity contribution in [3.63, 3.8) is 0 Å². The van der Waals surface area contributed by atoms with Crippen LogP contribution < -0.4 is 16.4 Å². The van der Waals surface area contributed by atoms with Crippen LogP contribution in [-0.2, 0) is 17.6 Å². The van der Waals surface area contributed by atoms with Gasteiger partial charge in [0.15, 0.2) is 0 Å². The number of fused-ring (bicyclic) bond motifs is 1. The number of nitrogens with zero attached hydrogens (tertiary/aromatic N) is 1. The Balaban J connectivity index is 1.73. The summed E-state index contributed by atoms with van der Waals surface area (Å²) in [6.45, 7) is 5.25. The Bertz CT molecular complexity index is 910. The zero-order chi connectivity index (χ0) is 20.5. The summed E-state index contributed by atoms with van der Waals surface area (Å²) in [4.78, 5) is 27.9. The number of hydrogen-bond donors (Lipinski definition) is 3. The van der Waals surface area contributed by atoms with E-state index in [1.165, 1.54) is 11.3 Å². The molecule has 0 saturated carbocycles. The molecule has 1 aromatic carbocycles. The van der Waals surface area contributed by atoms with E-state index in [0.29, 0.717) is 20.6 Å². The lowest BCUT2D eigenvalue weighted by molar-refractivity contribution is -0.120. The Hall–Kier alpha value is -2.09. The number of benzene rings is 1. The van der Waals surface area contributed by atoms with Gasteiger partial charge in [-0.15, -0.1) is 11.3 Å². The predicted octanol–water partition coefficient (Wildman–Crippen LogP) is 3.16. The number of carbonyl (C=O) groups is 2. The molecule has 150 valence electrons. The van der Waals surface area contributed by atoms with E-state index < -0.39 is 5.54 Å². The maximum Gasteiger partial charge on any atom is 0.262 e. The van der Waals surface area contributed by atoms with E-state index >= 15 is 0 Å². The molecule has 0 spiro atoms. The molecule has 6 nitrogen and oxygen atoms in total. The average Bonchev–Trinajstić information content (AvgIpc) is 2.96. The Morgan fingerprint density at radius 3 is 2.61 bits per heavy atom. The molecule has 1 aromatic heterocycles. The van der Waals surface area contributed by atoms with Crippen molar-refractivity contribution in [1.82, 2.24) is 10.2 Å². The largest absolute Gasteiger partial charge is 0.398 e. The highest BCUT2D eigenvalue weighted by atomic mass is 35.5. The van der Waals surface area contributed by atoms with Crippen LogP contribution in [0.25, 0.3) is 0 Å². The molecule has 8 heteroatoms. The highest BCUT2D eigenvalue weighted by Crippen LogP contribution is 2.27. The number of carbonyl (C=O) groups excluding carboxylic acids is 2. The first-order valence-electron chi connectivity index (χ1n) is 9.15. The minimum absolute atomic E-state index is 0.311. The smallest absolute Gasteiger partial charge is 0.262 e. The number of thiophene rings is 1. The molecule has 3 rings (SSSR count). The normalized spacial score (nSPS) is 14.9. The molecule has 0 atom stereocenters. The number of amides is 2. The number of nitrogens with one attached hydrogen (secondary N) is 2. The van der Waals surface area contributed by atoms with E-state index in [9.17, 15) is 9.59 Å². The standard InChI is InChI=1S/C20H25ClN4O2S/c1-20(2,24-18(26)16-4-5-17(21)28-16)19(27)23-13-10-12-6-8-25(3)9-7-14(12)15(22)11-13/h4-5,10-11H,6-9,22H2,1-3H3,(H,23,27)(H,24,26). The first kappa shape index (κ1) is 20.6. The third-order valence-electron chi connectivity index (χ3n) is 4.93. The van der Waals surface area contributed by atoms with Crippen molar-refractivity contribution in [2.45, 2.75) is 32.2 Å². The predicted molar refractivity (Wildman–Crippen MR) is 115 cm³/mol. The van der Waals surface area contributed by atoms with Crippen LogP contribution in [0.2, 0.25) is 4.34 Å². The van der Waals surface area contributed by atoms with Gasteiger partial charge in [-0.1, -0.05) is 11.6 Å². The van der Waals surface area contributed by atoms with Gasteiger partial charge in [-0.05, 0) is 69.1 Å². The molecule has 1 aliphatic heterocycles. The molecule has 0 radical (unpaired) electrons. The maximum absolute atomic E-state index is 12.8. The molecular weight excluding hydrogens is 396 g/mol. The molecule has 0 fully saturated rings. The number of likely N-dealkylation sites (N-methyl/N-ethyl adjacent to an activating group) is 1. The molecule has 0 saturated heterocycles. The summed E-state index contributed by atoms with van der Waals surface area (Å²) in [7, 11) is 2.09. The van der Waals surface area contributed by atoms with E-state index in [1.54, 1.807) is 32.0 Å². The van der Waals surface area contributed by atoms with Gasteiger partial charge in [-0.3, -0.25) is 9.59 Å². The van der Waals surface area contributed by atoms with Gasteiger partial charge in [-0.25, -0.2) is 0 Å². The third-order valence-corrected chi connectivity index (χ3v) is 6.16. The van der Waals surface area contributed by atoms with Crippen LogP contribution in [0.1, 0.15) is 34.6 Å². The summed E-state index contributed by atoms with van der Waals surface area (Å²) in [5, 5.41) is 5.66. The Morgan fingerprint density at radius 2 is 1.93 bits per heavy atom. The maximum atomic E-state index is 12.8. The molecule has 28 heavy (non-hydrogen) atoms. The molecule has 2 aromatic rings. The van der Waals surface area contributed by atoms with Crippen molar-refractivity contribution < 1.29 is 9.59 Å². The summed E-state index contributed by atoms with van der Waals surface area (Å²) in [6, 6.07) is 7.07. The van der Waals surface area contributed by atoms with Crippen LogP contribution in [0.3, 0.4) is 0 Å². The molecule has 2 heterocycles. The first-order valence-corrected chi connectivity index (χ1v) is 10.3. The Morgan fingerprint density at radius 1 is 1.21 bits per heavy atom. The minimum Gasteiger partial charge on any atom is -0.398 e. The number of hydrogen-bond acceptors (Lipinski definition) is 5. The summed E-state index contributed by atoms with van der Waals surface area (Å²) in [5.74, 6) is -0.643. The van der Waals surface area contributed by atoms with Crippen LogP contribution >= 0.6 is 22.9 Å². The highest BCUT2D eigenvalue weighted by Gasteiger charge is 2.30. The Labute approximate surface area is 174 Å². The second kappa shape index (κ2) is 8.11. The highest BCUT2D eigenvalue weighted by molar-refractivity contribution is 7.18. The van der Waals surface area contributed by atoms with Crippen molar-refractivity contribution in [3.05, 3.63) is 44.6 Å². The molecular formula is C20H25ClN4O2S. The molecule has 0 aliphatic carbocycles. The number of nitrogen functional groups attached to an aromatic ring is 1. The van der Waals surface area contributed by atoms with E-state index in [0.717, 1.165) is 37.1 Å². The average molecular weight is 421 g/mol. The fraction of sp³-hybridized carbons (Fsp3) is 0.400. The molecule has 0 bridgehead atoms. The van der Waals surface area contributed by atoms with Crippen molar-refractivity contribution in [2.24, 2.45) is 0 Å². The van der Waals surface area contributed by atoms with Crippen molar-refractivity contribution >= 4 is 46.1 Å². The van der Waals surface area contributed by atoms with Crippen LogP contribution in [0.4, 0.5) is 11.4 Å². The lowest BCUT2D eigenvalue weighted by Gasteiger charge is -2.25. The van der Waals surface area contributed by atoms with Crippen molar-refractivity contribution in [1.29, 1.82) is 0 Å². The lowest BCUT2D eigenvalue weighted by atomic mass is 9.99. The van der Waals surface area contributed by atoms with Crippen LogP contribution in [-0.4, -0.2) is 42.4 Å². The van der Waals surface area contributed by atoms with E-state index in [2.05, 4.69) is 22.6 Å². The summed E-state index contributed by atoms with van der Waals surface area (Å²) >= 11 is 7.06.